The van der Waals surface area contributed by atoms with Crippen LogP contribution in [0.15, 0.2) is 36.7 Å². The van der Waals surface area contributed by atoms with Crippen LogP contribution in [-0.4, -0.2) is 42.6 Å². The maximum atomic E-state index is 12.9. The van der Waals surface area contributed by atoms with E-state index in [1.54, 1.807) is 6.07 Å². The largest absolute Gasteiger partial charge is 0.506 e. The second-order valence-electron chi connectivity index (χ2n) is 6.28. The van der Waals surface area contributed by atoms with E-state index in [1.807, 2.05) is 0 Å². The first-order chi connectivity index (χ1) is 13.6. The molecule has 0 spiro atoms. The molecule has 30 heavy (non-hydrogen) atoms. The van der Waals surface area contributed by atoms with Gasteiger partial charge < -0.3 is 15.9 Å². The van der Waals surface area contributed by atoms with Gasteiger partial charge in [0.2, 0.25) is 5.78 Å². The summed E-state index contributed by atoms with van der Waals surface area (Å²) < 4.78 is 39.5. The van der Waals surface area contributed by atoms with E-state index in [1.165, 1.54) is 12.1 Å². The summed E-state index contributed by atoms with van der Waals surface area (Å²) in [6.45, 7) is 0. The van der Waals surface area contributed by atoms with Gasteiger partial charge in [-0.05, 0) is 30.5 Å². The summed E-state index contributed by atoms with van der Waals surface area (Å²) in [6.07, 6.45) is -2.96. The molecule has 3 aromatic rings. The van der Waals surface area contributed by atoms with Crippen molar-refractivity contribution in [3.05, 3.63) is 59.0 Å². The highest BCUT2D eigenvalue weighted by Crippen LogP contribution is 2.30. The number of benzene rings is 1. The number of ketones is 1. The van der Waals surface area contributed by atoms with Crippen molar-refractivity contribution in [1.29, 1.82) is 0 Å². The lowest BCUT2D eigenvalue weighted by Gasteiger charge is -2.12. The average molecular weight is 445 g/mol. The average Bonchev–Trinajstić information content (AvgIpc) is 3.14. The molecule has 160 valence electrons. The highest BCUT2D eigenvalue weighted by Gasteiger charge is 2.31. The number of Topliss-reactive ketones (excluding diaryl/α,β-unsaturated/α-hetero) is 1. The molecule has 0 radical (unpaired) electrons. The number of nitrogens with zero attached hydrogens (tertiary/aromatic N) is 3. The number of alkyl halides is 3. The van der Waals surface area contributed by atoms with E-state index in [9.17, 15) is 27.9 Å². The molecule has 0 aliphatic heterocycles. The molecule has 2 aromatic heterocycles. The third-order valence-electron chi connectivity index (χ3n) is 4.32. The van der Waals surface area contributed by atoms with Crippen molar-refractivity contribution in [2.75, 3.05) is 0 Å². The minimum Gasteiger partial charge on any atom is -0.506 e. The number of aromatic hydroxyl groups is 1. The van der Waals surface area contributed by atoms with Crippen LogP contribution in [0, 0.1) is 0 Å². The van der Waals surface area contributed by atoms with E-state index >= 15 is 0 Å². The molecule has 0 aliphatic rings. The molecule has 0 aliphatic carbocycles. The zero-order valence-corrected chi connectivity index (χ0v) is 15.9. The van der Waals surface area contributed by atoms with Crippen molar-refractivity contribution in [1.82, 2.24) is 14.6 Å². The van der Waals surface area contributed by atoms with E-state index in [2.05, 4.69) is 10.1 Å². The molecule has 0 fully saturated rings. The molecule has 2 heterocycles. The van der Waals surface area contributed by atoms with Crippen molar-refractivity contribution in [2.24, 2.45) is 5.73 Å². The molecule has 1 unspecified atom stereocenters. The molecule has 3 rings (SSSR count). The second-order valence-corrected chi connectivity index (χ2v) is 6.28. The number of fused-ring (bicyclic) bond motifs is 1. The van der Waals surface area contributed by atoms with Gasteiger partial charge in [-0.1, -0.05) is 18.2 Å². The zero-order valence-electron chi connectivity index (χ0n) is 15.1. The molecule has 0 saturated carbocycles. The lowest BCUT2D eigenvalue weighted by atomic mass is 10.0. The number of pyridine rings is 1. The number of rotatable bonds is 6. The standard InChI is InChI=1S/C18H15F3N4O4.ClH/c19-18(20,21)11-3-1-2-9(6-11)4-5-10-7-12(26)14(15(27)13(22)17(28)29)25-16(10)23-8-24-25;/h1-3,6-8,13,26H,4-5,22H2,(H,28,29);1H. The number of aromatic nitrogens is 3. The summed E-state index contributed by atoms with van der Waals surface area (Å²) in [6, 6.07) is 4.16. The third kappa shape index (κ3) is 4.52. The Morgan fingerprint density at radius 2 is 1.90 bits per heavy atom. The molecule has 8 nitrogen and oxygen atoms in total. The predicted molar refractivity (Wildman–Crippen MR) is 101 cm³/mol. The first-order valence-electron chi connectivity index (χ1n) is 8.33. The first kappa shape index (κ1) is 23.1. The van der Waals surface area contributed by atoms with Gasteiger partial charge in [0.1, 0.15) is 12.1 Å². The van der Waals surface area contributed by atoms with Gasteiger partial charge in [-0.2, -0.15) is 18.3 Å². The maximum absolute atomic E-state index is 12.9. The van der Waals surface area contributed by atoms with Gasteiger partial charge in [-0.3, -0.25) is 9.59 Å². The lowest BCUT2D eigenvalue weighted by molar-refractivity contribution is -0.138. The fraction of sp³-hybridized carbons (Fsp3) is 0.222. The number of halogens is 4. The molecule has 12 heteroatoms. The molecule has 0 amide bonds. The zero-order chi connectivity index (χ0) is 21.3. The first-order valence-corrected chi connectivity index (χ1v) is 8.33. The SMILES string of the molecule is Cl.NC(C(=O)O)C(=O)c1c(O)cc(CCc2cccc(C(F)(F)F)c2)c2ncnn12. The van der Waals surface area contributed by atoms with Crippen molar-refractivity contribution in [2.45, 2.75) is 25.1 Å². The van der Waals surface area contributed by atoms with Gasteiger partial charge >= 0.3 is 12.1 Å². The summed E-state index contributed by atoms with van der Waals surface area (Å²) in [5, 5.41) is 23.0. The molecule has 4 N–H and O–H groups in total. The van der Waals surface area contributed by atoms with Gasteiger partial charge in [0.05, 0.1) is 5.56 Å². The van der Waals surface area contributed by atoms with Gasteiger partial charge in [0.25, 0.3) is 0 Å². The Labute approximate surface area is 173 Å². The molecule has 0 saturated heterocycles. The van der Waals surface area contributed by atoms with Crippen molar-refractivity contribution in [3.63, 3.8) is 0 Å². The maximum Gasteiger partial charge on any atom is 0.416 e. The van der Waals surface area contributed by atoms with E-state index in [4.69, 9.17) is 10.8 Å². The summed E-state index contributed by atoms with van der Waals surface area (Å²) in [4.78, 5) is 27.2. The second kappa shape index (κ2) is 8.67. The van der Waals surface area contributed by atoms with Crippen LogP contribution in [0.2, 0.25) is 0 Å². The molecular weight excluding hydrogens is 429 g/mol. The van der Waals surface area contributed by atoms with Gasteiger partial charge in [0.15, 0.2) is 17.4 Å². The van der Waals surface area contributed by atoms with Crippen LogP contribution >= 0.6 is 12.4 Å². The summed E-state index contributed by atoms with van der Waals surface area (Å²) >= 11 is 0. The fourth-order valence-corrected chi connectivity index (χ4v) is 2.89. The van der Waals surface area contributed by atoms with Crippen LogP contribution in [0.1, 0.15) is 27.2 Å². The van der Waals surface area contributed by atoms with Crippen molar-refractivity contribution in [3.8, 4) is 5.75 Å². The normalized spacial score (nSPS) is 12.4. The van der Waals surface area contributed by atoms with Crippen molar-refractivity contribution < 1.29 is 33.0 Å². The number of carbonyl (C=O) groups excluding carboxylic acids is 1. The van der Waals surface area contributed by atoms with E-state index in [0.717, 1.165) is 23.0 Å². The fourth-order valence-electron chi connectivity index (χ4n) is 2.89. The number of carbonyl (C=O) groups is 2. The number of aryl methyl sites for hydroxylation is 2. The number of hydrogen-bond acceptors (Lipinski definition) is 6. The Kier molecular flexibility index (Phi) is 6.68. The van der Waals surface area contributed by atoms with Gasteiger partial charge in [-0.15, -0.1) is 12.4 Å². The van der Waals surface area contributed by atoms with Crippen LogP contribution in [0.3, 0.4) is 0 Å². The summed E-state index contributed by atoms with van der Waals surface area (Å²) in [5.41, 5.74) is 5.12. The topological polar surface area (TPSA) is 131 Å². The van der Waals surface area contributed by atoms with Crippen LogP contribution in [0.5, 0.6) is 5.75 Å². The molecule has 1 atom stereocenters. The monoisotopic (exact) mass is 444 g/mol. The minimum atomic E-state index is -4.46. The number of aliphatic carboxylic acids is 1. The summed E-state index contributed by atoms with van der Waals surface area (Å²) in [7, 11) is 0. The Morgan fingerprint density at radius 1 is 1.20 bits per heavy atom. The lowest BCUT2D eigenvalue weighted by Crippen LogP contribution is -2.39. The van der Waals surface area contributed by atoms with Crippen LogP contribution in [-0.2, 0) is 23.8 Å². The quantitative estimate of drug-likeness (QED) is 0.392. The Balaban J connectivity index is 0.00000320. The van der Waals surface area contributed by atoms with Gasteiger partial charge in [0, 0.05) is 5.56 Å². The Bertz CT molecular complexity index is 1100. The molecule has 0 bridgehead atoms. The number of nitrogens with two attached hydrogens (primary N) is 1. The molecular formula is C18H16ClF3N4O4. The van der Waals surface area contributed by atoms with E-state index in [0.29, 0.717) is 11.1 Å². The Hall–Kier alpha value is -3.18. The van der Waals surface area contributed by atoms with Crippen LogP contribution in [0.4, 0.5) is 13.2 Å². The van der Waals surface area contributed by atoms with Crippen molar-refractivity contribution >= 4 is 29.8 Å². The van der Waals surface area contributed by atoms with E-state index in [-0.39, 0.29) is 30.9 Å². The number of hydrogen-bond donors (Lipinski definition) is 3. The third-order valence-corrected chi connectivity index (χ3v) is 4.32. The van der Waals surface area contributed by atoms with Crippen LogP contribution in [0.25, 0.3) is 5.65 Å². The predicted octanol–water partition coefficient (Wildman–Crippen LogP) is 2.26. The number of carboxylic acid groups (broad SMARTS) is 1. The highest BCUT2D eigenvalue weighted by molar-refractivity contribution is 6.12. The van der Waals surface area contributed by atoms with E-state index < -0.39 is 41.0 Å². The highest BCUT2D eigenvalue weighted by atomic mass is 35.5. The Morgan fingerprint density at radius 3 is 2.53 bits per heavy atom. The smallest absolute Gasteiger partial charge is 0.416 e. The van der Waals surface area contributed by atoms with Crippen LogP contribution < -0.4 is 5.73 Å². The molecule has 1 aromatic carbocycles. The summed E-state index contributed by atoms with van der Waals surface area (Å²) in [5.74, 6) is -3.19. The van der Waals surface area contributed by atoms with Gasteiger partial charge in [-0.25, -0.2) is 9.50 Å². The minimum absolute atomic E-state index is 0. The number of carboxylic acids is 1.